The third-order valence-electron chi connectivity index (χ3n) is 6.08. The van der Waals surface area contributed by atoms with Crippen LogP contribution in [0.5, 0.6) is 0 Å². The number of sulfonamides is 1. The molecule has 2 saturated heterocycles. The van der Waals surface area contributed by atoms with Crippen molar-refractivity contribution in [2.45, 2.75) is 4.90 Å². The molecule has 0 unspecified atom stereocenters. The van der Waals surface area contributed by atoms with Gasteiger partial charge in [-0.3, -0.25) is 9.48 Å². The van der Waals surface area contributed by atoms with E-state index < -0.39 is 10.0 Å². The van der Waals surface area contributed by atoms with Crippen LogP contribution >= 0.6 is 0 Å². The fraction of sp³-hybridized carbons (Fsp3) is 0.429. The SMILES string of the molecule is Cn1ncc2c(N3CCN(C(=O)c4ccc(S(=O)(=O)N5CCOCC5)cc4)CC3)ncnc21. The number of amides is 1. The predicted octanol–water partition coefficient (Wildman–Crippen LogP) is 0.347. The highest BCUT2D eigenvalue weighted by Crippen LogP contribution is 2.24. The summed E-state index contributed by atoms with van der Waals surface area (Å²) in [7, 11) is -1.74. The first-order valence-corrected chi connectivity index (χ1v) is 12.2. The van der Waals surface area contributed by atoms with E-state index in [2.05, 4.69) is 20.0 Å². The topological polar surface area (TPSA) is 114 Å². The number of carbonyl (C=O) groups excluding carboxylic acids is 1. The van der Waals surface area contributed by atoms with Gasteiger partial charge in [-0.2, -0.15) is 9.40 Å². The highest BCUT2D eigenvalue weighted by Gasteiger charge is 2.28. The first-order chi connectivity index (χ1) is 15.9. The summed E-state index contributed by atoms with van der Waals surface area (Å²) in [5.41, 5.74) is 1.24. The van der Waals surface area contributed by atoms with Gasteiger partial charge in [-0.05, 0) is 24.3 Å². The van der Waals surface area contributed by atoms with Gasteiger partial charge in [0.15, 0.2) is 5.65 Å². The average molecular weight is 472 g/mol. The number of morpholine rings is 1. The van der Waals surface area contributed by atoms with Crippen molar-refractivity contribution in [3.05, 3.63) is 42.4 Å². The van der Waals surface area contributed by atoms with Crippen molar-refractivity contribution in [2.24, 2.45) is 7.05 Å². The lowest BCUT2D eigenvalue weighted by molar-refractivity contribution is 0.0730. The molecule has 0 spiro atoms. The number of piperazine rings is 1. The number of ether oxygens (including phenoxy) is 1. The van der Waals surface area contributed by atoms with E-state index in [1.54, 1.807) is 27.9 Å². The van der Waals surface area contributed by atoms with Crippen LogP contribution in [0.3, 0.4) is 0 Å². The van der Waals surface area contributed by atoms with Gasteiger partial charge >= 0.3 is 0 Å². The van der Waals surface area contributed by atoms with E-state index in [0.717, 1.165) is 16.9 Å². The van der Waals surface area contributed by atoms with E-state index in [1.165, 1.54) is 22.8 Å². The van der Waals surface area contributed by atoms with Gasteiger partial charge in [-0.25, -0.2) is 18.4 Å². The lowest BCUT2D eigenvalue weighted by Crippen LogP contribution is -2.49. The van der Waals surface area contributed by atoms with Crippen LogP contribution in [0, 0.1) is 0 Å². The average Bonchev–Trinajstić information content (AvgIpc) is 3.25. The summed E-state index contributed by atoms with van der Waals surface area (Å²) in [6, 6.07) is 6.19. The van der Waals surface area contributed by atoms with Crippen molar-refractivity contribution >= 4 is 32.8 Å². The van der Waals surface area contributed by atoms with Crippen LogP contribution in [-0.4, -0.2) is 95.8 Å². The molecule has 2 aliphatic heterocycles. The summed E-state index contributed by atoms with van der Waals surface area (Å²) in [4.78, 5) is 25.8. The maximum Gasteiger partial charge on any atom is 0.253 e. The van der Waals surface area contributed by atoms with E-state index in [0.29, 0.717) is 58.0 Å². The summed E-state index contributed by atoms with van der Waals surface area (Å²) in [6.07, 6.45) is 3.29. The van der Waals surface area contributed by atoms with Crippen molar-refractivity contribution in [3.8, 4) is 0 Å². The minimum atomic E-state index is -3.58. The Bertz CT molecular complexity index is 1260. The molecule has 2 fully saturated rings. The quantitative estimate of drug-likeness (QED) is 0.536. The minimum Gasteiger partial charge on any atom is -0.379 e. The molecule has 4 heterocycles. The maximum absolute atomic E-state index is 13.0. The number of hydrogen-bond acceptors (Lipinski definition) is 8. The second-order valence-electron chi connectivity index (χ2n) is 8.02. The fourth-order valence-electron chi connectivity index (χ4n) is 4.21. The number of rotatable bonds is 4. The smallest absolute Gasteiger partial charge is 0.253 e. The molecule has 0 radical (unpaired) electrons. The summed E-state index contributed by atoms with van der Waals surface area (Å²) in [5, 5.41) is 5.15. The van der Waals surface area contributed by atoms with Gasteiger partial charge in [0, 0.05) is 51.9 Å². The van der Waals surface area contributed by atoms with Crippen LogP contribution in [0.1, 0.15) is 10.4 Å². The molecule has 1 aromatic carbocycles. The van der Waals surface area contributed by atoms with Crippen LogP contribution in [0.25, 0.3) is 11.0 Å². The molecule has 12 heteroatoms. The molecule has 174 valence electrons. The molecule has 0 N–H and O–H groups in total. The second kappa shape index (κ2) is 8.69. The van der Waals surface area contributed by atoms with Gasteiger partial charge in [0.2, 0.25) is 10.0 Å². The van der Waals surface area contributed by atoms with Crippen LogP contribution in [0.4, 0.5) is 5.82 Å². The molecule has 0 aliphatic carbocycles. The first kappa shape index (κ1) is 21.7. The van der Waals surface area contributed by atoms with Crippen molar-refractivity contribution in [1.29, 1.82) is 0 Å². The third kappa shape index (κ3) is 4.05. The number of benzene rings is 1. The molecule has 5 rings (SSSR count). The second-order valence-corrected chi connectivity index (χ2v) is 9.96. The number of carbonyl (C=O) groups is 1. The molecular weight excluding hydrogens is 446 g/mol. The van der Waals surface area contributed by atoms with Crippen molar-refractivity contribution in [2.75, 3.05) is 57.4 Å². The summed E-state index contributed by atoms with van der Waals surface area (Å²) in [5.74, 6) is 0.706. The Morgan fingerprint density at radius 2 is 1.67 bits per heavy atom. The third-order valence-corrected chi connectivity index (χ3v) is 8.00. The van der Waals surface area contributed by atoms with Crippen LogP contribution in [0.15, 0.2) is 41.7 Å². The Hall–Kier alpha value is -3.09. The summed E-state index contributed by atoms with van der Waals surface area (Å²) < 4.78 is 33.9. The van der Waals surface area contributed by atoms with E-state index >= 15 is 0 Å². The largest absolute Gasteiger partial charge is 0.379 e. The van der Waals surface area contributed by atoms with Crippen molar-refractivity contribution in [3.63, 3.8) is 0 Å². The highest BCUT2D eigenvalue weighted by atomic mass is 32.2. The maximum atomic E-state index is 13.0. The fourth-order valence-corrected chi connectivity index (χ4v) is 5.62. The van der Waals surface area contributed by atoms with Crippen LogP contribution < -0.4 is 4.90 Å². The number of aromatic nitrogens is 4. The lowest BCUT2D eigenvalue weighted by atomic mass is 10.2. The molecule has 3 aromatic rings. The Morgan fingerprint density at radius 1 is 0.970 bits per heavy atom. The Kier molecular flexibility index (Phi) is 5.72. The predicted molar refractivity (Wildman–Crippen MR) is 120 cm³/mol. The van der Waals surface area contributed by atoms with E-state index in [4.69, 9.17) is 4.74 Å². The Balaban J connectivity index is 1.25. The minimum absolute atomic E-state index is 0.112. The lowest BCUT2D eigenvalue weighted by Gasteiger charge is -2.35. The molecule has 1 amide bonds. The van der Waals surface area contributed by atoms with Crippen LogP contribution in [0.2, 0.25) is 0 Å². The first-order valence-electron chi connectivity index (χ1n) is 10.8. The van der Waals surface area contributed by atoms with Gasteiger partial charge in [-0.15, -0.1) is 0 Å². The molecule has 2 aliphatic rings. The molecule has 11 nitrogen and oxygen atoms in total. The van der Waals surface area contributed by atoms with Gasteiger partial charge in [-0.1, -0.05) is 0 Å². The molecule has 0 bridgehead atoms. The summed E-state index contributed by atoms with van der Waals surface area (Å²) >= 11 is 0. The number of anilines is 1. The van der Waals surface area contributed by atoms with Gasteiger partial charge < -0.3 is 14.5 Å². The highest BCUT2D eigenvalue weighted by molar-refractivity contribution is 7.89. The zero-order valence-electron chi connectivity index (χ0n) is 18.3. The number of fused-ring (bicyclic) bond motifs is 1. The van der Waals surface area contributed by atoms with Gasteiger partial charge in [0.1, 0.15) is 12.1 Å². The Labute approximate surface area is 191 Å². The molecule has 33 heavy (non-hydrogen) atoms. The van der Waals surface area contributed by atoms with E-state index in [1.807, 2.05) is 7.05 Å². The zero-order valence-corrected chi connectivity index (χ0v) is 19.1. The van der Waals surface area contributed by atoms with Crippen LogP contribution in [-0.2, 0) is 21.8 Å². The van der Waals surface area contributed by atoms with Gasteiger partial charge in [0.25, 0.3) is 5.91 Å². The molecule has 0 atom stereocenters. The number of nitrogens with zero attached hydrogens (tertiary/aromatic N) is 7. The standard InChI is InChI=1S/C21H25N7O4S/c1-25-19-18(14-24-25)20(23-15-22-19)26-6-8-27(9-7-26)21(29)16-2-4-17(5-3-16)33(30,31)28-10-12-32-13-11-28/h2-5,14-15H,6-13H2,1H3. The molecular formula is C21H25N7O4S. The molecule has 2 aromatic heterocycles. The Morgan fingerprint density at radius 3 is 2.36 bits per heavy atom. The number of aryl methyl sites for hydroxylation is 1. The number of hydrogen-bond donors (Lipinski definition) is 0. The normalized spacial score (nSPS) is 18.1. The van der Waals surface area contributed by atoms with Gasteiger partial charge in [0.05, 0.1) is 29.7 Å². The zero-order chi connectivity index (χ0) is 23.0. The monoisotopic (exact) mass is 471 g/mol. The molecule has 0 saturated carbocycles. The summed E-state index contributed by atoms with van der Waals surface area (Å²) in [6.45, 7) is 3.81. The van der Waals surface area contributed by atoms with Crippen molar-refractivity contribution in [1.82, 2.24) is 29.0 Å². The van der Waals surface area contributed by atoms with Crippen molar-refractivity contribution < 1.29 is 17.9 Å². The van der Waals surface area contributed by atoms with E-state index in [9.17, 15) is 13.2 Å². The van der Waals surface area contributed by atoms with E-state index in [-0.39, 0.29) is 10.8 Å².